The molecule has 3 rings (SSSR count). The highest BCUT2D eigenvalue weighted by molar-refractivity contribution is 6.33. The van der Waals surface area contributed by atoms with Crippen molar-refractivity contribution in [3.05, 3.63) is 46.9 Å². The van der Waals surface area contributed by atoms with Gasteiger partial charge in [-0.05, 0) is 31.0 Å². The Hall–Kier alpha value is -2.67. The molecule has 0 spiro atoms. The van der Waals surface area contributed by atoms with Crippen LogP contribution in [0.1, 0.15) is 33.8 Å². The van der Waals surface area contributed by atoms with Crippen LogP contribution in [-0.4, -0.2) is 43.0 Å². The molecular formula is C18H20ClN3O4. The molecular weight excluding hydrogens is 358 g/mol. The molecule has 0 aliphatic carbocycles. The molecule has 8 heteroatoms. The Morgan fingerprint density at radius 2 is 2.08 bits per heavy atom. The summed E-state index contributed by atoms with van der Waals surface area (Å²) >= 11 is 6.02. The molecule has 2 aromatic rings. The number of likely N-dealkylation sites (tertiary alicyclic amines) is 1. The van der Waals surface area contributed by atoms with E-state index in [0.29, 0.717) is 53.7 Å². The molecule has 7 nitrogen and oxygen atoms in total. The van der Waals surface area contributed by atoms with E-state index in [2.05, 4.69) is 5.32 Å². The van der Waals surface area contributed by atoms with E-state index in [1.807, 2.05) is 0 Å². The van der Waals surface area contributed by atoms with Gasteiger partial charge in [-0.1, -0.05) is 11.6 Å². The lowest BCUT2D eigenvalue weighted by atomic mass is 10.0. The van der Waals surface area contributed by atoms with Gasteiger partial charge in [0.05, 0.1) is 29.6 Å². The van der Waals surface area contributed by atoms with E-state index in [9.17, 15) is 9.59 Å². The maximum atomic E-state index is 12.6. The summed E-state index contributed by atoms with van der Waals surface area (Å²) in [7, 11) is 1.47. The summed E-state index contributed by atoms with van der Waals surface area (Å²) in [5.41, 5.74) is 6.43. The number of halogens is 1. The molecule has 1 saturated heterocycles. The Labute approximate surface area is 156 Å². The van der Waals surface area contributed by atoms with Gasteiger partial charge in [-0.2, -0.15) is 0 Å². The summed E-state index contributed by atoms with van der Waals surface area (Å²) in [6.45, 7) is 1.09. The number of hydrogen-bond donors (Lipinski definition) is 2. The number of anilines is 1. The number of nitrogens with two attached hydrogens (primary N) is 1. The lowest BCUT2D eigenvalue weighted by molar-refractivity contribution is 0.0667. The fraction of sp³-hybridized carbons (Fsp3) is 0.333. The second-order valence-corrected chi connectivity index (χ2v) is 6.50. The quantitative estimate of drug-likeness (QED) is 0.798. The maximum absolute atomic E-state index is 12.6. The molecule has 26 heavy (non-hydrogen) atoms. The predicted octanol–water partition coefficient (Wildman–Crippen LogP) is 2.56. The summed E-state index contributed by atoms with van der Waals surface area (Å²) in [6.07, 6.45) is 2.79. The number of hydrogen-bond acceptors (Lipinski definition) is 5. The van der Waals surface area contributed by atoms with Crippen LogP contribution in [0.15, 0.2) is 34.9 Å². The van der Waals surface area contributed by atoms with Gasteiger partial charge in [-0.15, -0.1) is 0 Å². The number of nitrogens with one attached hydrogen (secondary N) is 1. The smallest absolute Gasteiger partial charge is 0.289 e. The molecule has 0 unspecified atom stereocenters. The second-order valence-electron chi connectivity index (χ2n) is 6.09. The van der Waals surface area contributed by atoms with E-state index in [0.717, 1.165) is 0 Å². The molecule has 0 bridgehead atoms. The SMILES string of the molecule is COc1cc(N)c(Cl)cc1C(=O)NC1CCN(C(=O)c2ccco2)CC1. The summed E-state index contributed by atoms with van der Waals surface area (Å²) in [5.74, 6) is 0.287. The molecule has 0 saturated carbocycles. The zero-order chi connectivity index (χ0) is 18.7. The van der Waals surface area contributed by atoms with Gasteiger partial charge in [-0.25, -0.2) is 0 Å². The van der Waals surface area contributed by atoms with Crippen LogP contribution < -0.4 is 15.8 Å². The number of benzene rings is 1. The number of amides is 2. The molecule has 1 fully saturated rings. The van der Waals surface area contributed by atoms with Crippen LogP contribution in [0.2, 0.25) is 5.02 Å². The van der Waals surface area contributed by atoms with Crippen LogP contribution in [-0.2, 0) is 0 Å². The van der Waals surface area contributed by atoms with Crippen LogP contribution in [0.4, 0.5) is 5.69 Å². The number of ether oxygens (including phenoxy) is 1. The number of furan rings is 1. The standard InChI is InChI=1S/C18H20ClN3O4/c1-25-16-10-14(20)13(19)9-12(16)17(23)21-11-4-6-22(7-5-11)18(24)15-3-2-8-26-15/h2-3,8-11H,4-7,20H2,1H3,(H,21,23). The third-order valence-electron chi connectivity index (χ3n) is 4.41. The highest BCUT2D eigenvalue weighted by atomic mass is 35.5. The van der Waals surface area contributed by atoms with Gasteiger partial charge in [0.15, 0.2) is 5.76 Å². The van der Waals surface area contributed by atoms with Gasteiger partial charge in [0.25, 0.3) is 11.8 Å². The van der Waals surface area contributed by atoms with Crippen molar-refractivity contribution in [3.8, 4) is 5.75 Å². The van der Waals surface area contributed by atoms with Crippen LogP contribution >= 0.6 is 11.6 Å². The van der Waals surface area contributed by atoms with Crippen molar-refractivity contribution in [2.45, 2.75) is 18.9 Å². The van der Waals surface area contributed by atoms with Crippen LogP contribution in [0.3, 0.4) is 0 Å². The molecule has 138 valence electrons. The van der Waals surface area contributed by atoms with Gasteiger partial charge >= 0.3 is 0 Å². The number of methoxy groups -OCH3 is 1. The third-order valence-corrected chi connectivity index (χ3v) is 4.74. The molecule has 0 radical (unpaired) electrons. The topological polar surface area (TPSA) is 97.8 Å². The Kier molecular flexibility index (Phi) is 5.37. The largest absolute Gasteiger partial charge is 0.496 e. The number of nitrogens with zero attached hydrogens (tertiary/aromatic N) is 1. The van der Waals surface area contributed by atoms with E-state index in [1.54, 1.807) is 17.0 Å². The number of piperidine rings is 1. The lowest BCUT2D eigenvalue weighted by Gasteiger charge is -2.32. The zero-order valence-electron chi connectivity index (χ0n) is 14.3. The van der Waals surface area contributed by atoms with E-state index >= 15 is 0 Å². The van der Waals surface area contributed by atoms with Crippen LogP contribution in [0, 0.1) is 0 Å². The first-order valence-electron chi connectivity index (χ1n) is 8.26. The van der Waals surface area contributed by atoms with Gasteiger partial charge in [-0.3, -0.25) is 9.59 Å². The summed E-state index contributed by atoms with van der Waals surface area (Å²) in [5, 5.41) is 3.27. The minimum absolute atomic E-state index is 0.0378. The number of nitrogen functional groups attached to an aromatic ring is 1. The molecule has 2 amide bonds. The predicted molar refractivity (Wildman–Crippen MR) is 97.5 cm³/mol. The minimum atomic E-state index is -0.278. The Bertz CT molecular complexity index is 799. The number of carbonyl (C=O) groups excluding carboxylic acids is 2. The number of rotatable bonds is 4. The molecule has 1 aliphatic heterocycles. The normalized spacial score (nSPS) is 14.9. The van der Waals surface area contributed by atoms with E-state index in [1.165, 1.54) is 25.5 Å². The molecule has 0 atom stereocenters. The highest BCUT2D eigenvalue weighted by Gasteiger charge is 2.26. The Balaban J connectivity index is 1.60. The summed E-state index contributed by atoms with van der Waals surface area (Å²) in [6, 6.07) is 6.32. The third kappa shape index (κ3) is 3.77. The monoisotopic (exact) mass is 377 g/mol. The van der Waals surface area contributed by atoms with Crippen molar-refractivity contribution in [1.82, 2.24) is 10.2 Å². The van der Waals surface area contributed by atoms with Gasteiger partial charge in [0.1, 0.15) is 5.75 Å². The molecule has 1 aromatic heterocycles. The lowest BCUT2D eigenvalue weighted by Crippen LogP contribution is -2.46. The fourth-order valence-electron chi connectivity index (χ4n) is 2.96. The van der Waals surface area contributed by atoms with E-state index in [-0.39, 0.29) is 17.9 Å². The number of carbonyl (C=O) groups is 2. The van der Waals surface area contributed by atoms with Crippen molar-refractivity contribution < 1.29 is 18.7 Å². The Morgan fingerprint density at radius 3 is 2.69 bits per heavy atom. The maximum Gasteiger partial charge on any atom is 0.289 e. The van der Waals surface area contributed by atoms with Crippen molar-refractivity contribution in [1.29, 1.82) is 0 Å². The van der Waals surface area contributed by atoms with E-state index < -0.39 is 0 Å². The van der Waals surface area contributed by atoms with Gasteiger partial charge in [0.2, 0.25) is 0 Å². The Morgan fingerprint density at radius 1 is 1.35 bits per heavy atom. The van der Waals surface area contributed by atoms with E-state index in [4.69, 9.17) is 26.5 Å². The zero-order valence-corrected chi connectivity index (χ0v) is 15.1. The minimum Gasteiger partial charge on any atom is -0.496 e. The van der Waals surface area contributed by atoms with Crippen molar-refractivity contribution in [2.24, 2.45) is 0 Å². The molecule has 1 aromatic carbocycles. The highest BCUT2D eigenvalue weighted by Crippen LogP contribution is 2.29. The van der Waals surface area contributed by atoms with Crippen LogP contribution in [0.25, 0.3) is 0 Å². The molecule has 3 N–H and O–H groups in total. The van der Waals surface area contributed by atoms with Gasteiger partial charge < -0.3 is 25.1 Å². The first-order chi connectivity index (χ1) is 12.5. The van der Waals surface area contributed by atoms with Crippen molar-refractivity contribution in [2.75, 3.05) is 25.9 Å². The van der Waals surface area contributed by atoms with Gasteiger partial charge in [0, 0.05) is 25.2 Å². The molecule has 2 heterocycles. The first kappa shape index (κ1) is 18.1. The molecule has 1 aliphatic rings. The average Bonchev–Trinajstić information content (AvgIpc) is 3.18. The second kappa shape index (κ2) is 7.70. The fourth-order valence-corrected chi connectivity index (χ4v) is 3.13. The summed E-state index contributed by atoms with van der Waals surface area (Å²) < 4.78 is 10.4. The summed E-state index contributed by atoms with van der Waals surface area (Å²) in [4.78, 5) is 26.6. The average molecular weight is 378 g/mol. The first-order valence-corrected chi connectivity index (χ1v) is 8.64. The van der Waals surface area contributed by atoms with Crippen molar-refractivity contribution >= 4 is 29.1 Å². The van der Waals surface area contributed by atoms with Crippen molar-refractivity contribution in [3.63, 3.8) is 0 Å². The van der Waals surface area contributed by atoms with Crippen LogP contribution in [0.5, 0.6) is 5.75 Å².